The molecule has 0 spiro atoms. The molecule has 0 aliphatic rings. The first-order valence-electron chi connectivity index (χ1n) is 6.78. The molecule has 0 unspecified atom stereocenters. The molecular weight excluding hydrogens is 317 g/mol. The molecule has 3 rings (SSSR count). The molecule has 112 valence electrons. The average molecular weight is 331 g/mol. The highest BCUT2D eigenvalue weighted by molar-refractivity contribution is 8.00. The number of halogens is 1. The zero-order chi connectivity index (χ0) is 15.2. The largest absolute Gasteiger partial charge is 0.356 e. The third kappa shape index (κ3) is 4.29. The van der Waals surface area contributed by atoms with Gasteiger partial charge in [-0.3, -0.25) is 0 Å². The first-order chi connectivity index (χ1) is 10.8. The van der Waals surface area contributed by atoms with Crippen LogP contribution in [0.3, 0.4) is 0 Å². The van der Waals surface area contributed by atoms with Gasteiger partial charge in [-0.2, -0.15) is 0 Å². The number of thioether (sulfide) groups is 1. The Morgan fingerprint density at radius 2 is 1.73 bits per heavy atom. The lowest BCUT2D eigenvalue weighted by Crippen LogP contribution is -1.98. The topological polar surface area (TPSA) is 37.8 Å². The summed E-state index contributed by atoms with van der Waals surface area (Å²) in [5, 5.41) is 12.4. The van der Waals surface area contributed by atoms with Crippen molar-refractivity contribution in [3.05, 3.63) is 71.5 Å². The second kappa shape index (κ2) is 7.38. The lowest BCUT2D eigenvalue weighted by molar-refractivity contribution is 0.627. The molecule has 3 aromatic rings. The van der Waals surface area contributed by atoms with E-state index in [0.717, 1.165) is 27.3 Å². The van der Waals surface area contributed by atoms with E-state index in [1.165, 1.54) is 29.0 Å². The molecule has 1 heterocycles. The Kier molecular flexibility index (Phi) is 5.03. The number of nitrogens with zero attached hydrogens (tertiary/aromatic N) is 2. The summed E-state index contributed by atoms with van der Waals surface area (Å²) in [6.45, 7) is 0.734. The summed E-state index contributed by atoms with van der Waals surface area (Å²) in [7, 11) is 0. The molecule has 1 N–H and O–H groups in total. The van der Waals surface area contributed by atoms with Gasteiger partial charge in [-0.1, -0.05) is 65.6 Å². The van der Waals surface area contributed by atoms with Gasteiger partial charge in [-0.15, -0.1) is 10.2 Å². The second-order valence-corrected chi connectivity index (χ2v) is 6.83. The predicted molar refractivity (Wildman–Crippen MR) is 89.6 cm³/mol. The minimum Gasteiger partial charge on any atom is -0.356 e. The first-order valence-corrected chi connectivity index (χ1v) is 8.58. The zero-order valence-corrected chi connectivity index (χ0v) is 13.3. The van der Waals surface area contributed by atoms with Gasteiger partial charge < -0.3 is 5.32 Å². The SMILES string of the molecule is Fc1ccc(CSc2nnc(NCc3ccccc3)s2)cc1. The van der Waals surface area contributed by atoms with Crippen LogP contribution in [0.15, 0.2) is 58.9 Å². The van der Waals surface area contributed by atoms with Gasteiger partial charge in [0.1, 0.15) is 5.82 Å². The first kappa shape index (κ1) is 15.0. The van der Waals surface area contributed by atoms with Crippen molar-refractivity contribution in [3.8, 4) is 0 Å². The molecule has 0 bridgehead atoms. The average Bonchev–Trinajstić information content (AvgIpc) is 3.01. The van der Waals surface area contributed by atoms with Gasteiger partial charge >= 0.3 is 0 Å². The normalized spacial score (nSPS) is 10.6. The van der Waals surface area contributed by atoms with E-state index in [9.17, 15) is 4.39 Å². The van der Waals surface area contributed by atoms with Gasteiger partial charge in [0, 0.05) is 12.3 Å². The monoisotopic (exact) mass is 331 g/mol. The van der Waals surface area contributed by atoms with Gasteiger partial charge in [0.25, 0.3) is 0 Å². The van der Waals surface area contributed by atoms with Crippen molar-refractivity contribution >= 4 is 28.2 Å². The van der Waals surface area contributed by atoms with Crippen molar-refractivity contribution in [2.45, 2.75) is 16.6 Å². The van der Waals surface area contributed by atoms with Crippen molar-refractivity contribution in [2.75, 3.05) is 5.32 Å². The van der Waals surface area contributed by atoms with E-state index >= 15 is 0 Å². The summed E-state index contributed by atoms with van der Waals surface area (Å²) in [6, 6.07) is 16.7. The molecule has 22 heavy (non-hydrogen) atoms. The number of benzene rings is 2. The Bertz CT molecular complexity index is 714. The Labute approximate surface area is 136 Å². The van der Waals surface area contributed by atoms with Crippen LogP contribution in [0.5, 0.6) is 0 Å². The lowest BCUT2D eigenvalue weighted by Gasteiger charge is -2.01. The van der Waals surface area contributed by atoms with Crippen LogP contribution in [0.2, 0.25) is 0 Å². The van der Waals surface area contributed by atoms with Gasteiger partial charge in [0.05, 0.1) is 0 Å². The highest BCUT2D eigenvalue weighted by atomic mass is 32.2. The minimum atomic E-state index is -0.211. The third-order valence-corrected chi connectivity index (χ3v) is 5.05. The van der Waals surface area contributed by atoms with Crippen LogP contribution in [-0.4, -0.2) is 10.2 Å². The summed E-state index contributed by atoms with van der Waals surface area (Å²) in [6.07, 6.45) is 0. The number of rotatable bonds is 6. The number of hydrogen-bond acceptors (Lipinski definition) is 5. The van der Waals surface area contributed by atoms with Crippen LogP contribution in [0, 0.1) is 5.82 Å². The summed E-state index contributed by atoms with van der Waals surface area (Å²) >= 11 is 3.13. The fourth-order valence-corrected chi connectivity index (χ4v) is 3.54. The van der Waals surface area contributed by atoms with Gasteiger partial charge in [-0.25, -0.2) is 4.39 Å². The Balaban J connectivity index is 1.51. The Morgan fingerprint density at radius 3 is 2.50 bits per heavy atom. The number of hydrogen-bond donors (Lipinski definition) is 1. The summed E-state index contributed by atoms with van der Waals surface area (Å²) in [5.41, 5.74) is 2.28. The summed E-state index contributed by atoms with van der Waals surface area (Å²) < 4.78 is 13.7. The van der Waals surface area contributed by atoms with E-state index in [0.29, 0.717) is 0 Å². The van der Waals surface area contributed by atoms with Crippen molar-refractivity contribution < 1.29 is 4.39 Å². The van der Waals surface area contributed by atoms with Gasteiger partial charge in [0.2, 0.25) is 5.13 Å². The zero-order valence-electron chi connectivity index (χ0n) is 11.7. The summed E-state index contributed by atoms with van der Waals surface area (Å²) in [4.78, 5) is 0. The van der Waals surface area contributed by atoms with Crippen molar-refractivity contribution in [1.29, 1.82) is 0 Å². The Morgan fingerprint density at radius 1 is 0.955 bits per heavy atom. The molecule has 0 fully saturated rings. The van der Waals surface area contributed by atoms with E-state index in [-0.39, 0.29) is 5.82 Å². The van der Waals surface area contributed by atoms with E-state index in [2.05, 4.69) is 27.6 Å². The molecule has 0 aliphatic heterocycles. The fourth-order valence-electron chi connectivity index (χ4n) is 1.84. The van der Waals surface area contributed by atoms with Crippen LogP contribution >= 0.6 is 23.1 Å². The maximum Gasteiger partial charge on any atom is 0.206 e. The molecule has 0 saturated heterocycles. The second-order valence-electron chi connectivity index (χ2n) is 4.63. The molecular formula is C16H14FN3S2. The number of anilines is 1. The van der Waals surface area contributed by atoms with E-state index < -0.39 is 0 Å². The van der Waals surface area contributed by atoms with Gasteiger partial charge in [0.15, 0.2) is 4.34 Å². The molecule has 6 heteroatoms. The standard InChI is InChI=1S/C16H14FN3S2/c17-14-8-6-13(7-9-14)11-21-16-20-19-15(22-16)18-10-12-4-2-1-3-5-12/h1-9H,10-11H2,(H,18,19). The number of nitrogens with one attached hydrogen (secondary N) is 1. The van der Waals surface area contributed by atoms with Crippen LogP contribution in [0.4, 0.5) is 9.52 Å². The molecule has 0 saturated carbocycles. The molecule has 0 amide bonds. The maximum absolute atomic E-state index is 12.8. The van der Waals surface area contributed by atoms with Crippen LogP contribution in [0.25, 0.3) is 0 Å². The number of aromatic nitrogens is 2. The summed E-state index contributed by atoms with van der Waals surface area (Å²) in [5.74, 6) is 0.546. The maximum atomic E-state index is 12.8. The third-order valence-electron chi connectivity index (χ3n) is 2.97. The van der Waals surface area contributed by atoms with Crippen LogP contribution in [0.1, 0.15) is 11.1 Å². The molecule has 0 radical (unpaired) electrons. The Hall–Kier alpha value is -1.92. The van der Waals surface area contributed by atoms with Crippen LogP contribution < -0.4 is 5.32 Å². The lowest BCUT2D eigenvalue weighted by atomic mass is 10.2. The highest BCUT2D eigenvalue weighted by Gasteiger charge is 2.05. The molecule has 1 aromatic heterocycles. The molecule has 2 aromatic carbocycles. The van der Waals surface area contributed by atoms with Crippen molar-refractivity contribution in [3.63, 3.8) is 0 Å². The van der Waals surface area contributed by atoms with Crippen molar-refractivity contribution in [2.24, 2.45) is 0 Å². The van der Waals surface area contributed by atoms with E-state index in [1.54, 1.807) is 23.9 Å². The van der Waals surface area contributed by atoms with E-state index in [1.807, 2.05) is 18.2 Å². The molecule has 0 atom stereocenters. The highest BCUT2D eigenvalue weighted by Crippen LogP contribution is 2.28. The van der Waals surface area contributed by atoms with Gasteiger partial charge in [-0.05, 0) is 23.3 Å². The minimum absolute atomic E-state index is 0.211. The molecule has 3 nitrogen and oxygen atoms in total. The predicted octanol–water partition coefficient (Wildman–Crippen LogP) is 4.58. The smallest absolute Gasteiger partial charge is 0.206 e. The fraction of sp³-hybridized carbons (Fsp3) is 0.125. The quantitative estimate of drug-likeness (QED) is 0.671. The van der Waals surface area contributed by atoms with E-state index in [4.69, 9.17) is 0 Å². The molecule has 0 aliphatic carbocycles. The van der Waals surface area contributed by atoms with Crippen LogP contribution in [-0.2, 0) is 12.3 Å². The van der Waals surface area contributed by atoms with Crippen molar-refractivity contribution in [1.82, 2.24) is 10.2 Å².